The Labute approximate surface area is 205 Å². The number of hydrogen-bond acceptors (Lipinski definition) is 10. The van der Waals surface area contributed by atoms with Gasteiger partial charge in [0.2, 0.25) is 6.10 Å². The van der Waals surface area contributed by atoms with Crippen molar-refractivity contribution in [3.63, 3.8) is 0 Å². The number of nitrogens with two attached hydrogens (primary N) is 2. The number of nitrogen functional groups attached to an aromatic ring is 1. The molecule has 2 atom stereocenters. The molecule has 7 N–H and O–H groups in total. The van der Waals surface area contributed by atoms with E-state index in [-0.39, 0.29) is 28.6 Å². The van der Waals surface area contributed by atoms with Crippen molar-refractivity contribution in [1.82, 2.24) is 15.2 Å². The summed E-state index contributed by atoms with van der Waals surface area (Å²) in [5, 5.41) is 24.2. The molecule has 3 heterocycles. The Morgan fingerprint density at radius 3 is 2.71 bits per heavy atom. The van der Waals surface area contributed by atoms with E-state index in [1.165, 1.54) is 16.3 Å². The highest BCUT2D eigenvalue weighted by Gasteiger charge is 2.40. The molecule has 1 saturated heterocycles. The lowest BCUT2D eigenvalue weighted by molar-refractivity contribution is -0.131. The number of carboxylic acids is 1. The number of piperidine rings is 1. The number of anilines is 1. The zero-order valence-corrected chi connectivity index (χ0v) is 19.6. The Kier molecular flexibility index (Phi) is 7.43. The Balaban J connectivity index is 1.48. The van der Waals surface area contributed by atoms with Gasteiger partial charge in [-0.15, -0.1) is 11.3 Å². The van der Waals surface area contributed by atoms with Crippen LogP contribution in [0.4, 0.5) is 9.93 Å². The number of para-hydroxylation sites is 1. The van der Waals surface area contributed by atoms with E-state index in [4.69, 9.17) is 20.9 Å². The summed E-state index contributed by atoms with van der Waals surface area (Å²) in [5.41, 5.74) is 12.0. The monoisotopic (exact) mass is 503 g/mol. The van der Waals surface area contributed by atoms with Gasteiger partial charge in [0, 0.05) is 18.5 Å². The van der Waals surface area contributed by atoms with E-state index < -0.39 is 37.1 Å². The summed E-state index contributed by atoms with van der Waals surface area (Å²) in [6, 6.07) is 4.57. The summed E-state index contributed by atoms with van der Waals surface area (Å²) >= 11 is 1.10. The minimum absolute atomic E-state index is 0.0501. The summed E-state index contributed by atoms with van der Waals surface area (Å²) in [4.78, 5) is 43.1. The van der Waals surface area contributed by atoms with Gasteiger partial charge in [-0.2, -0.15) is 0 Å². The third-order valence-electron chi connectivity index (χ3n) is 6.15. The van der Waals surface area contributed by atoms with Crippen molar-refractivity contribution in [2.45, 2.75) is 31.3 Å². The van der Waals surface area contributed by atoms with Crippen LogP contribution in [0, 0.1) is 5.92 Å². The quantitative estimate of drug-likeness (QED) is 0.345. The number of rotatable bonds is 6. The van der Waals surface area contributed by atoms with Crippen LogP contribution in [0.3, 0.4) is 0 Å². The highest BCUT2D eigenvalue weighted by atomic mass is 32.1. The molecule has 2 aliphatic heterocycles. The van der Waals surface area contributed by atoms with Gasteiger partial charge in [-0.1, -0.05) is 12.1 Å². The molecule has 0 radical (unpaired) electrons. The van der Waals surface area contributed by atoms with Crippen molar-refractivity contribution in [3.05, 3.63) is 40.4 Å². The molecule has 0 spiro atoms. The normalized spacial score (nSPS) is 18.9. The minimum atomic E-state index is -1.51. The van der Waals surface area contributed by atoms with Gasteiger partial charge in [-0.05, 0) is 43.4 Å². The molecule has 4 rings (SSSR count). The maximum atomic E-state index is 13.2. The van der Waals surface area contributed by atoms with E-state index in [1.807, 2.05) is 0 Å². The summed E-state index contributed by atoms with van der Waals surface area (Å²) in [5.74, 6) is -2.44. The Bertz CT molecular complexity index is 1110. The molecule has 2 aliphatic rings. The van der Waals surface area contributed by atoms with Gasteiger partial charge in [0.1, 0.15) is 11.4 Å². The smallest absolute Gasteiger partial charge is 0.534 e. The van der Waals surface area contributed by atoms with Crippen LogP contribution in [0.2, 0.25) is 0 Å². The number of aromatic nitrogens is 1. The number of carboxylic acid groups (broad SMARTS) is 1. The van der Waals surface area contributed by atoms with Crippen LogP contribution >= 0.6 is 11.3 Å². The fourth-order valence-corrected chi connectivity index (χ4v) is 4.75. The summed E-state index contributed by atoms with van der Waals surface area (Å²) < 4.78 is 11.0. The van der Waals surface area contributed by atoms with Gasteiger partial charge in [0.25, 0.3) is 5.91 Å². The summed E-state index contributed by atoms with van der Waals surface area (Å²) in [6.07, 6.45) is -0.466. The number of amides is 2. The average Bonchev–Trinajstić information content (AvgIpc) is 3.28. The molecule has 1 aromatic heterocycles. The zero-order chi connectivity index (χ0) is 25.1. The van der Waals surface area contributed by atoms with Crippen LogP contribution < -0.4 is 21.4 Å². The van der Waals surface area contributed by atoms with Gasteiger partial charge in [-0.25, -0.2) is 14.6 Å². The topological polar surface area (TPSA) is 190 Å². The molecular weight excluding hydrogens is 477 g/mol. The lowest BCUT2D eigenvalue weighted by Gasteiger charge is -2.32. The molecule has 14 heteroatoms. The Morgan fingerprint density at radius 1 is 1.34 bits per heavy atom. The Hall–Kier alpha value is -3.36. The van der Waals surface area contributed by atoms with E-state index >= 15 is 0 Å². The van der Waals surface area contributed by atoms with E-state index in [9.17, 15) is 24.5 Å². The van der Waals surface area contributed by atoms with Gasteiger partial charge in [0.05, 0.1) is 11.5 Å². The van der Waals surface area contributed by atoms with E-state index in [1.54, 1.807) is 12.1 Å². The Morgan fingerprint density at radius 2 is 2.09 bits per heavy atom. The lowest BCUT2D eigenvalue weighted by Crippen LogP contribution is -2.54. The van der Waals surface area contributed by atoms with Crippen LogP contribution in [0.25, 0.3) is 0 Å². The molecule has 186 valence electrons. The SMILES string of the molecule is NCC1CCN(C(=O)OC(C(=O)N[C@H]2Cc3cccc(C(=O)O)c3OB2O)c2csc(N)n2)CC1. The first kappa shape index (κ1) is 24.8. The van der Waals surface area contributed by atoms with Gasteiger partial charge in [0.15, 0.2) is 5.13 Å². The number of aromatic carboxylic acids is 1. The van der Waals surface area contributed by atoms with E-state index in [0.717, 1.165) is 24.2 Å². The number of benzene rings is 1. The van der Waals surface area contributed by atoms with Crippen LogP contribution in [-0.2, 0) is 16.0 Å². The maximum absolute atomic E-state index is 13.2. The number of carbonyl (C=O) groups is 3. The van der Waals surface area contributed by atoms with Gasteiger partial charge < -0.3 is 41.2 Å². The largest absolute Gasteiger partial charge is 0.547 e. The maximum Gasteiger partial charge on any atom is 0.547 e. The van der Waals surface area contributed by atoms with E-state index in [0.29, 0.717) is 31.1 Å². The number of fused-ring (bicyclic) bond motifs is 1. The second kappa shape index (κ2) is 10.5. The van der Waals surface area contributed by atoms with Crippen molar-refractivity contribution in [3.8, 4) is 5.75 Å². The molecule has 2 aromatic rings. The van der Waals surface area contributed by atoms with Crippen LogP contribution in [-0.4, -0.2) is 70.7 Å². The minimum Gasteiger partial charge on any atom is -0.534 e. The number of ether oxygens (including phenoxy) is 1. The number of hydrogen-bond donors (Lipinski definition) is 5. The molecule has 1 aromatic carbocycles. The summed E-state index contributed by atoms with van der Waals surface area (Å²) in [6.45, 7) is 1.48. The third-order valence-corrected chi connectivity index (χ3v) is 6.84. The van der Waals surface area contributed by atoms with Crippen molar-refractivity contribution < 1.29 is 33.9 Å². The third kappa shape index (κ3) is 5.50. The summed E-state index contributed by atoms with van der Waals surface area (Å²) in [7, 11) is -1.51. The molecule has 0 bridgehead atoms. The molecule has 12 nitrogen and oxygen atoms in total. The molecule has 0 saturated carbocycles. The van der Waals surface area contributed by atoms with Crippen molar-refractivity contribution >= 4 is 41.6 Å². The molecule has 1 fully saturated rings. The van der Waals surface area contributed by atoms with Crippen molar-refractivity contribution in [2.75, 3.05) is 25.4 Å². The number of nitrogens with one attached hydrogen (secondary N) is 1. The highest BCUT2D eigenvalue weighted by Crippen LogP contribution is 2.31. The highest BCUT2D eigenvalue weighted by molar-refractivity contribution is 7.13. The molecule has 35 heavy (non-hydrogen) atoms. The fraction of sp³-hybridized carbons (Fsp3) is 0.429. The van der Waals surface area contributed by atoms with Crippen molar-refractivity contribution in [2.24, 2.45) is 11.7 Å². The molecule has 1 unspecified atom stereocenters. The first-order valence-electron chi connectivity index (χ1n) is 11.1. The standard InChI is InChI=1S/C21H26BN5O7S/c23-9-11-4-6-27(7-5-11)21(31)33-17(14-10-35-20(24)25-14)18(28)26-15-8-12-2-1-3-13(19(29)30)16(12)34-22(15)32/h1-3,10-11,15,17,32H,4-9,23H2,(H2,24,25)(H,26,28)(H,29,30)/t15-,17?/m0/s1. The average molecular weight is 503 g/mol. The number of likely N-dealkylation sites (tertiary alicyclic amines) is 1. The second-order valence-corrected chi connectivity index (χ2v) is 9.36. The first-order chi connectivity index (χ1) is 16.8. The van der Waals surface area contributed by atoms with Crippen LogP contribution in [0.1, 0.15) is 40.6 Å². The lowest BCUT2D eigenvalue weighted by atomic mass is 9.72. The number of nitrogens with zero attached hydrogens (tertiary/aromatic N) is 2. The number of thiazole rings is 1. The molecular formula is C21H26BN5O7S. The second-order valence-electron chi connectivity index (χ2n) is 8.47. The molecule has 2 amide bonds. The zero-order valence-electron chi connectivity index (χ0n) is 18.8. The van der Waals surface area contributed by atoms with E-state index in [2.05, 4.69) is 10.3 Å². The predicted molar refractivity (Wildman–Crippen MR) is 127 cm³/mol. The molecule has 0 aliphatic carbocycles. The van der Waals surface area contributed by atoms with Gasteiger partial charge >= 0.3 is 19.2 Å². The fourth-order valence-electron chi connectivity index (χ4n) is 4.17. The van der Waals surface area contributed by atoms with Crippen LogP contribution in [0.5, 0.6) is 5.75 Å². The predicted octanol–water partition coefficient (Wildman–Crippen LogP) is 0.412. The van der Waals surface area contributed by atoms with Gasteiger partial charge in [-0.3, -0.25) is 4.79 Å². The van der Waals surface area contributed by atoms with Crippen LogP contribution in [0.15, 0.2) is 23.6 Å². The van der Waals surface area contributed by atoms with Crippen molar-refractivity contribution in [1.29, 1.82) is 0 Å². The number of carbonyl (C=O) groups excluding carboxylic acids is 2. The first-order valence-corrected chi connectivity index (χ1v) is 12.0.